The lowest BCUT2D eigenvalue weighted by Gasteiger charge is -2.23. The van der Waals surface area contributed by atoms with Crippen LogP contribution in [0.15, 0.2) is 24.3 Å². The fourth-order valence-corrected chi connectivity index (χ4v) is 1.11. The van der Waals surface area contributed by atoms with Crippen LogP contribution in [0.2, 0.25) is 0 Å². The molecule has 10 heavy (non-hydrogen) atoms. The monoisotopic (exact) mass is 136 g/mol. The van der Waals surface area contributed by atoms with Gasteiger partial charge in [-0.05, 0) is 11.8 Å². The zero-order valence-electron chi connectivity index (χ0n) is 6.21. The summed E-state index contributed by atoms with van der Waals surface area (Å²) in [6.45, 7) is 2.10. The Kier molecular flexibility index (Phi) is 2.05. The van der Waals surface area contributed by atoms with Gasteiger partial charge in [-0.15, -0.1) is 0 Å². The van der Waals surface area contributed by atoms with Gasteiger partial charge < -0.3 is 4.79 Å². The van der Waals surface area contributed by atoms with E-state index in [-0.39, 0.29) is 5.41 Å². The van der Waals surface area contributed by atoms with Crippen molar-refractivity contribution in [2.24, 2.45) is 5.41 Å². The number of rotatable bonds is 2. The predicted molar refractivity (Wildman–Crippen MR) is 41.7 cm³/mol. The highest BCUT2D eigenvalue weighted by atomic mass is 16.1. The molecule has 1 heteroatoms. The molecular formula is C9H12O. The molecule has 54 valence electrons. The number of carbonyl (C=O) groups is 1. The molecular weight excluding hydrogens is 124 g/mol. The quantitative estimate of drug-likeness (QED) is 0.531. The van der Waals surface area contributed by atoms with E-state index in [0.717, 1.165) is 12.7 Å². The van der Waals surface area contributed by atoms with Crippen molar-refractivity contribution in [2.75, 3.05) is 0 Å². The first-order valence-electron chi connectivity index (χ1n) is 3.55. The Morgan fingerprint density at radius 1 is 1.60 bits per heavy atom. The number of carbonyl (C=O) groups excluding carboxylic acids is 1. The molecule has 0 radical (unpaired) electrons. The molecule has 1 aliphatic carbocycles. The minimum absolute atomic E-state index is 0.0938. The van der Waals surface area contributed by atoms with Crippen molar-refractivity contribution in [1.82, 2.24) is 0 Å². The Morgan fingerprint density at radius 3 is 2.90 bits per heavy atom. The van der Waals surface area contributed by atoms with Crippen molar-refractivity contribution in [3.05, 3.63) is 24.3 Å². The van der Waals surface area contributed by atoms with Gasteiger partial charge in [0.25, 0.3) is 0 Å². The molecule has 0 fully saturated rings. The molecule has 0 bridgehead atoms. The lowest BCUT2D eigenvalue weighted by molar-refractivity contribution is -0.109. The average Bonchev–Trinajstić information content (AvgIpc) is 1.89. The van der Waals surface area contributed by atoms with Gasteiger partial charge in [0.05, 0.1) is 0 Å². The maximum atomic E-state index is 10.2. The number of hydrogen-bond acceptors (Lipinski definition) is 1. The molecule has 0 aliphatic heterocycles. The van der Waals surface area contributed by atoms with Gasteiger partial charge in [-0.1, -0.05) is 31.2 Å². The third kappa shape index (κ3) is 1.56. The molecule has 0 aromatic heterocycles. The van der Waals surface area contributed by atoms with Crippen molar-refractivity contribution in [3.63, 3.8) is 0 Å². The van der Waals surface area contributed by atoms with E-state index in [4.69, 9.17) is 0 Å². The Hall–Kier alpha value is -0.850. The van der Waals surface area contributed by atoms with Gasteiger partial charge in [0.15, 0.2) is 0 Å². The number of hydrogen-bond donors (Lipinski definition) is 0. The van der Waals surface area contributed by atoms with Crippen LogP contribution in [0.25, 0.3) is 0 Å². The fourth-order valence-electron chi connectivity index (χ4n) is 1.11. The molecule has 0 saturated heterocycles. The van der Waals surface area contributed by atoms with E-state index in [0.29, 0.717) is 6.42 Å². The number of aldehydes is 1. The first kappa shape index (κ1) is 7.26. The molecule has 0 amide bonds. The first-order chi connectivity index (χ1) is 4.77. The first-order valence-corrected chi connectivity index (χ1v) is 3.55. The molecule has 1 unspecified atom stereocenters. The second-order valence-corrected chi connectivity index (χ2v) is 3.02. The Labute approximate surface area is 61.4 Å². The highest BCUT2D eigenvalue weighted by Gasteiger charge is 2.19. The van der Waals surface area contributed by atoms with E-state index in [2.05, 4.69) is 19.1 Å². The van der Waals surface area contributed by atoms with Crippen molar-refractivity contribution in [3.8, 4) is 0 Å². The van der Waals surface area contributed by atoms with Gasteiger partial charge in [-0.3, -0.25) is 0 Å². The standard InChI is InChI=1S/C9H12O/c1-9(7-8-10)5-3-2-4-6-9/h2-5,8H,6-7H2,1H3. The van der Waals surface area contributed by atoms with Crippen LogP contribution in [0, 0.1) is 5.41 Å². The zero-order chi connectivity index (χ0) is 7.45. The summed E-state index contributed by atoms with van der Waals surface area (Å²) < 4.78 is 0. The maximum absolute atomic E-state index is 10.2. The van der Waals surface area contributed by atoms with E-state index >= 15 is 0 Å². The zero-order valence-corrected chi connectivity index (χ0v) is 6.21. The molecule has 1 nitrogen and oxygen atoms in total. The van der Waals surface area contributed by atoms with E-state index in [1.54, 1.807) is 0 Å². The van der Waals surface area contributed by atoms with Gasteiger partial charge in [0, 0.05) is 6.42 Å². The maximum Gasteiger partial charge on any atom is 0.120 e. The Morgan fingerprint density at radius 2 is 2.40 bits per heavy atom. The Balaban J connectivity index is 2.60. The molecule has 0 N–H and O–H groups in total. The van der Waals surface area contributed by atoms with Crippen LogP contribution in [0.5, 0.6) is 0 Å². The van der Waals surface area contributed by atoms with Crippen LogP contribution in [-0.2, 0) is 4.79 Å². The van der Waals surface area contributed by atoms with Gasteiger partial charge >= 0.3 is 0 Å². The van der Waals surface area contributed by atoms with Gasteiger partial charge in [0.2, 0.25) is 0 Å². The van der Waals surface area contributed by atoms with Crippen molar-refractivity contribution < 1.29 is 4.79 Å². The van der Waals surface area contributed by atoms with Crippen molar-refractivity contribution in [1.29, 1.82) is 0 Å². The second kappa shape index (κ2) is 2.82. The van der Waals surface area contributed by atoms with Crippen LogP contribution < -0.4 is 0 Å². The lowest BCUT2D eigenvalue weighted by Crippen LogP contribution is -2.13. The third-order valence-corrected chi connectivity index (χ3v) is 1.88. The van der Waals surface area contributed by atoms with Crippen LogP contribution in [0.4, 0.5) is 0 Å². The van der Waals surface area contributed by atoms with Crippen molar-refractivity contribution in [2.45, 2.75) is 19.8 Å². The normalized spacial score (nSPS) is 30.5. The van der Waals surface area contributed by atoms with Crippen LogP contribution >= 0.6 is 0 Å². The summed E-state index contributed by atoms with van der Waals surface area (Å²) in [6, 6.07) is 0. The third-order valence-electron chi connectivity index (χ3n) is 1.88. The Bertz CT molecular complexity index is 175. The number of allylic oxidation sites excluding steroid dienone is 4. The molecule has 0 saturated carbocycles. The summed E-state index contributed by atoms with van der Waals surface area (Å²) in [6.07, 6.45) is 10.8. The summed E-state index contributed by atoms with van der Waals surface area (Å²) in [5.41, 5.74) is 0.0938. The molecule has 1 atom stereocenters. The fraction of sp³-hybridized carbons (Fsp3) is 0.444. The summed E-state index contributed by atoms with van der Waals surface area (Å²) in [5.74, 6) is 0. The van der Waals surface area contributed by atoms with E-state index in [1.165, 1.54) is 0 Å². The summed E-state index contributed by atoms with van der Waals surface area (Å²) in [5, 5.41) is 0. The minimum Gasteiger partial charge on any atom is -0.303 e. The van der Waals surface area contributed by atoms with E-state index in [1.807, 2.05) is 12.2 Å². The van der Waals surface area contributed by atoms with Gasteiger partial charge in [0.1, 0.15) is 6.29 Å². The highest BCUT2D eigenvalue weighted by Crippen LogP contribution is 2.29. The second-order valence-electron chi connectivity index (χ2n) is 3.02. The van der Waals surface area contributed by atoms with Crippen LogP contribution in [0.3, 0.4) is 0 Å². The van der Waals surface area contributed by atoms with Crippen molar-refractivity contribution >= 4 is 6.29 Å². The molecule has 0 spiro atoms. The van der Waals surface area contributed by atoms with Gasteiger partial charge in [-0.2, -0.15) is 0 Å². The summed E-state index contributed by atoms with van der Waals surface area (Å²) in [7, 11) is 0. The molecule has 0 aromatic rings. The molecule has 1 rings (SSSR count). The van der Waals surface area contributed by atoms with Crippen LogP contribution in [-0.4, -0.2) is 6.29 Å². The topological polar surface area (TPSA) is 17.1 Å². The van der Waals surface area contributed by atoms with Gasteiger partial charge in [-0.25, -0.2) is 0 Å². The smallest absolute Gasteiger partial charge is 0.120 e. The molecule has 1 aliphatic rings. The minimum atomic E-state index is 0.0938. The van der Waals surface area contributed by atoms with Crippen LogP contribution in [0.1, 0.15) is 19.8 Å². The summed E-state index contributed by atoms with van der Waals surface area (Å²) >= 11 is 0. The average molecular weight is 136 g/mol. The molecule has 0 heterocycles. The SMILES string of the molecule is CC1(CC=O)C=CC=CC1. The van der Waals surface area contributed by atoms with E-state index < -0.39 is 0 Å². The van der Waals surface area contributed by atoms with E-state index in [9.17, 15) is 4.79 Å². The predicted octanol–water partition coefficient (Wildman–Crippen LogP) is 2.10. The highest BCUT2D eigenvalue weighted by molar-refractivity contribution is 5.51. The lowest BCUT2D eigenvalue weighted by atomic mass is 9.81. The molecule has 0 aromatic carbocycles. The summed E-state index contributed by atoms with van der Waals surface area (Å²) in [4.78, 5) is 10.2. The largest absolute Gasteiger partial charge is 0.303 e.